The minimum absolute atomic E-state index is 0.0107. The zero-order valence-corrected chi connectivity index (χ0v) is 22.8. The van der Waals surface area contributed by atoms with Gasteiger partial charge in [-0.1, -0.05) is 12.1 Å². The maximum atomic E-state index is 14.9. The summed E-state index contributed by atoms with van der Waals surface area (Å²) in [4.78, 5) is 21.6. The summed E-state index contributed by atoms with van der Waals surface area (Å²) >= 11 is 0. The first-order chi connectivity index (χ1) is 19.8. The molecule has 1 aliphatic carbocycles. The quantitative estimate of drug-likeness (QED) is 0.279. The van der Waals surface area contributed by atoms with Gasteiger partial charge in [0.15, 0.2) is 5.78 Å². The second-order valence-electron chi connectivity index (χ2n) is 10.5. The predicted octanol–water partition coefficient (Wildman–Crippen LogP) is 5.20. The molecule has 0 unspecified atom stereocenters. The first-order valence-electron chi connectivity index (χ1n) is 13.6. The van der Waals surface area contributed by atoms with E-state index in [0.717, 1.165) is 30.2 Å². The molecule has 0 aliphatic heterocycles. The fourth-order valence-electron chi connectivity index (χ4n) is 5.84. The van der Waals surface area contributed by atoms with Crippen molar-refractivity contribution >= 4 is 5.78 Å². The first kappa shape index (κ1) is 28.6. The molecule has 0 spiro atoms. The molecule has 2 N–H and O–H groups in total. The number of rotatable bonds is 9. The molecule has 1 saturated carbocycles. The molecule has 41 heavy (non-hydrogen) atoms. The van der Waals surface area contributed by atoms with E-state index in [0.29, 0.717) is 18.6 Å². The van der Waals surface area contributed by atoms with Gasteiger partial charge in [0.05, 0.1) is 24.4 Å². The van der Waals surface area contributed by atoms with E-state index in [2.05, 4.69) is 27.2 Å². The van der Waals surface area contributed by atoms with E-state index < -0.39 is 34.5 Å². The van der Waals surface area contributed by atoms with Crippen LogP contribution >= 0.6 is 0 Å². The van der Waals surface area contributed by atoms with Gasteiger partial charge in [-0.05, 0) is 78.6 Å². The highest BCUT2D eigenvalue weighted by Gasteiger charge is 2.36. The Labute approximate surface area is 235 Å². The highest BCUT2D eigenvalue weighted by atomic mass is 19.1. The van der Waals surface area contributed by atoms with E-state index >= 15 is 0 Å². The highest BCUT2D eigenvalue weighted by molar-refractivity contribution is 5.96. The zero-order valence-electron chi connectivity index (χ0n) is 22.8. The van der Waals surface area contributed by atoms with E-state index in [1.54, 1.807) is 30.2 Å². The van der Waals surface area contributed by atoms with Crippen LogP contribution < -0.4 is 5.73 Å². The Morgan fingerprint density at radius 1 is 1.10 bits per heavy atom. The summed E-state index contributed by atoms with van der Waals surface area (Å²) in [5.74, 6) is -3.06. The molecule has 0 amide bonds. The molecular weight excluding hydrogens is 533 g/mol. The second kappa shape index (κ2) is 12.3. The van der Waals surface area contributed by atoms with Gasteiger partial charge < -0.3 is 10.5 Å². The summed E-state index contributed by atoms with van der Waals surface area (Å²) < 4.78 is 51.6. The lowest BCUT2D eigenvalue weighted by Gasteiger charge is -2.39. The van der Waals surface area contributed by atoms with Crippen LogP contribution in [0.1, 0.15) is 65.8 Å². The van der Waals surface area contributed by atoms with E-state index in [1.807, 2.05) is 12.3 Å². The maximum absolute atomic E-state index is 14.9. The topological polar surface area (TPSA) is 109 Å². The average Bonchev–Trinajstić information content (AvgIpc) is 3.47. The molecule has 0 bridgehead atoms. The van der Waals surface area contributed by atoms with Gasteiger partial charge in [0.2, 0.25) is 0 Å². The minimum Gasteiger partial charge on any atom is -0.377 e. The number of ether oxygens (including phenoxy) is 1. The fourth-order valence-corrected chi connectivity index (χ4v) is 5.84. The number of carbonyl (C=O) groups excluding carboxylic acids is 1. The van der Waals surface area contributed by atoms with E-state index in [4.69, 9.17) is 10.5 Å². The molecule has 0 saturated heterocycles. The Balaban J connectivity index is 1.38. The molecule has 3 aromatic heterocycles. The van der Waals surface area contributed by atoms with Crippen LogP contribution in [-0.2, 0) is 17.8 Å². The molecule has 1 aliphatic rings. The number of hydrogen-bond donors (Lipinski definition) is 1. The SMILES string of the molecule is CCOCc1cc(F)c(-c2nc(C(=O)Cc3cnccc3[C@H]3C[C@@H](N)[C@@H](n4ccnn4)[C@@H](C)C3)ccc2F)c(F)c1. The number of carbonyl (C=O) groups is 1. The van der Waals surface area contributed by atoms with Crippen molar-refractivity contribution in [2.24, 2.45) is 11.7 Å². The summed E-state index contributed by atoms with van der Waals surface area (Å²) in [6.07, 6.45) is 8.19. The van der Waals surface area contributed by atoms with E-state index in [9.17, 15) is 18.0 Å². The molecule has 11 heteroatoms. The summed E-state index contributed by atoms with van der Waals surface area (Å²) in [5, 5.41) is 8.05. The third-order valence-electron chi connectivity index (χ3n) is 7.66. The van der Waals surface area contributed by atoms with Crippen molar-refractivity contribution in [2.45, 2.75) is 57.7 Å². The van der Waals surface area contributed by atoms with Crippen LogP contribution in [0.4, 0.5) is 13.2 Å². The molecular formula is C30H31F3N6O2. The van der Waals surface area contributed by atoms with Crippen molar-refractivity contribution in [3.63, 3.8) is 0 Å². The van der Waals surface area contributed by atoms with Gasteiger partial charge in [-0.2, -0.15) is 0 Å². The number of halogens is 3. The summed E-state index contributed by atoms with van der Waals surface area (Å²) in [5.41, 5.74) is 7.22. The van der Waals surface area contributed by atoms with Gasteiger partial charge in [-0.3, -0.25) is 9.78 Å². The Morgan fingerprint density at radius 3 is 2.56 bits per heavy atom. The molecule has 4 atom stereocenters. The van der Waals surface area contributed by atoms with Crippen LogP contribution in [0.5, 0.6) is 0 Å². The molecule has 1 aromatic carbocycles. The predicted molar refractivity (Wildman–Crippen MR) is 145 cm³/mol. The van der Waals surface area contributed by atoms with Gasteiger partial charge in [0.25, 0.3) is 0 Å². The third-order valence-corrected chi connectivity index (χ3v) is 7.66. The smallest absolute Gasteiger partial charge is 0.185 e. The normalized spacial score (nSPS) is 20.7. The van der Waals surface area contributed by atoms with Crippen molar-refractivity contribution in [2.75, 3.05) is 6.61 Å². The van der Waals surface area contributed by atoms with Gasteiger partial charge in [0.1, 0.15) is 28.8 Å². The first-order valence-corrected chi connectivity index (χ1v) is 13.6. The van der Waals surface area contributed by atoms with Gasteiger partial charge in [-0.25, -0.2) is 22.8 Å². The number of aromatic nitrogens is 5. The van der Waals surface area contributed by atoms with Crippen LogP contribution in [0.25, 0.3) is 11.3 Å². The lowest BCUT2D eigenvalue weighted by Crippen LogP contribution is -2.42. The summed E-state index contributed by atoms with van der Waals surface area (Å²) in [6.45, 7) is 4.27. The summed E-state index contributed by atoms with van der Waals surface area (Å²) in [6, 6.07) is 6.10. The Bertz CT molecular complexity index is 1500. The van der Waals surface area contributed by atoms with Crippen LogP contribution in [0.3, 0.4) is 0 Å². The second-order valence-corrected chi connectivity index (χ2v) is 10.5. The monoisotopic (exact) mass is 564 g/mol. The zero-order chi connectivity index (χ0) is 29.1. The number of hydrogen-bond acceptors (Lipinski definition) is 7. The Hall–Kier alpha value is -3.96. The van der Waals surface area contributed by atoms with Crippen LogP contribution in [-0.4, -0.2) is 43.4 Å². The molecule has 1 fully saturated rings. The fraction of sp³-hybridized carbons (Fsp3) is 0.367. The minimum atomic E-state index is -0.989. The highest BCUT2D eigenvalue weighted by Crippen LogP contribution is 2.42. The molecule has 0 radical (unpaired) electrons. The van der Waals surface area contributed by atoms with Crippen molar-refractivity contribution in [3.05, 3.63) is 95.0 Å². The third kappa shape index (κ3) is 6.06. The average molecular weight is 565 g/mol. The van der Waals surface area contributed by atoms with Crippen molar-refractivity contribution in [1.29, 1.82) is 0 Å². The van der Waals surface area contributed by atoms with Crippen LogP contribution in [0.2, 0.25) is 0 Å². The van der Waals surface area contributed by atoms with Crippen LogP contribution in [0.15, 0.2) is 55.1 Å². The number of Topliss-reactive ketones (excluding diaryl/α,β-unsaturated/α-hetero) is 1. The number of ketones is 1. The lowest BCUT2D eigenvalue weighted by atomic mass is 9.72. The van der Waals surface area contributed by atoms with Gasteiger partial charge in [-0.15, -0.1) is 5.10 Å². The number of nitrogens with zero attached hydrogens (tertiary/aromatic N) is 5. The molecule has 4 aromatic rings. The number of nitrogens with two attached hydrogens (primary N) is 1. The number of benzene rings is 1. The molecule has 5 rings (SSSR count). The number of pyridine rings is 2. The standard InChI is InChI=1S/C30H31F3N6O2/c1-3-41-16-18-11-23(32)28(24(33)12-18)29-22(31)4-5-26(37-29)27(40)14-20-15-35-7-6-21(20)19-10-17(2)30(25(34)13-19)39-9-8-36-38-39/h4-9,11-12,15,17,19,25,30H,3,10,13-14,16,34H2,1-2H3/t17-,19+,25+,30-/m0/s1. The summed E-state index contributed by atoms with van der Waals surface area (Å²) in [7, 11) is 0. The Morgan fingerprint density at radius 2 is 1.88 bits per heavy atom. The van der Waals surface area contributed by atoms with Crippen molar-refractivity contribution in [3.8, 4) is 11.3 Å². The van der Waals surface area contributed by atoms with Crippen molar-refractivity contribution < 1.29 is 22.7 Å². The Kier molecular flexibility index (Phi) is 8.55. The van der Waals surface area contributed by atoms with E-state index in [1.165, 1.54) is 6.07 Å². The van der Waals surface area contributed by atoms with Crippen molar-refractivity contribution in [1.82, 2.24) is 25.0 Å². The van der Waals surface area contributed by atoms with E-state index in [-0.39, 0.29) is 48.2 Å². The molecule has 3 heterocycles. The molecule has 214 valence electrons. The largest absolute Gasteiger partial charge is 0.377 e. The van der Waals surface area contributed by atoms with Gasteiger partial charge in [0, 0.05) is 37.7 Å². The van der Waals surface area contributed by atoms with Gasteiger partial charge >= 0.3 is 0 Å². The maximum Gasteiger partial charge on any atom is 0.185 e. The van der Waals surface area contributed by atoms with Crippen LogP contribution in [0, 0.1) is 23.4 Å². The molecule has 8 nitrogen and oxygen atoms in total. The lowest BCUT2D eigenvalue weighted by molar-refractivity contribution is 0.0987.